The Bertz CT molecular complexity index is 2190. The van der Waals surface area contributed by atoms with Gasteiger partial charge in [0.05, 0.1) is 17.1 Å². The molecule has 386 valence electrons. The van der Waals surface area contributed by atoms with Crippen molar-refractivity contribution in [1.82, 2.24) is 14.8 Å². The molecule has 1 unspecified atom stereocenters. The number of phenolic OH excluding ortho intramolecular Hbond substituents is 1. The van der Waals surface area contributed by atoms with E-state index in [4.69, 9.17) is 4.74 Å². The van der Waals surface area contributed by atoms with Gasteiger partial charge in [-0.2, -0.15) is 0 Å². The third kappa shape index (κ3) is 18.5. The monoisotopic (exact) mass is 1030 g/mol. The number of Topliss-reactive ketones (excluding diaryl/α,β-unsaturated/α-hetero) is 2. The highest BCUT2D eigenvalue weighted by molar-refractivity contribution is 8.18. The standard InChI is InChI=1S/C52H74N4O11S3/c1-12-32(4)40(27-47(62)52(7,8)55(9)10)50(64)56(11)43(31(2)3)28-46(67-34(6)57)49-54-42(29-70-49)45(61)26-36(23-33(5)51(65)66)24-35-13-18-44(60)41(25-35)53-48(63)37-14-16-38(58)19-21-68-30-69-22-20-39(59)17-15-37/h13,18-22,25,29,31-33,36-37,40,43,46,60H,12,14-17,23-24,26-28,30H2,1-11H3,(H,53,63)(H,65,66)/b21-19+,22-20+/t32-,33?,36+,40-,43+,46+/m0/s1. The lowest BCUT2D eigenvalue weighted by Gasteiger charge is -2.38. The fraction of sp³-hybridized carbons (Fsp3) is 0.596. The summed E-state index contributed by atoms with van der Waals surface area (Å²) in [6, 6.07) is 4.16. The van der Waals surface area contributed by atoms with Gasteiger partial charge >= 0.3 is 11.9 Å². The number of amides is 2. The molecule has 1 aromatic carbocycles. The van der Waals surface area contributed by atoms with Crippen molar-refractivity contribution in [1.29, 1.82) is 0 Å². The molecule has 0 aliphatic carbocycles. The minimum Gasteiger partial charge on any atom is -0.506 e. The van der Waals surface area contributed by atoms with Crippen LogP contribution in [0.2, 0.25) is 0 Å². The van der Waals surface area contributed by atoms with E-state index in [0.29, 0.717) is 22.1 Å². The van der Waals surface area contributed by atoms with E-state index in [1.54, 1.807) is 47.2 Å². The van der Waals surface area contributed by atoms with Crippen LogP contribution in [0.3, 0.4) is 0 Å². The van der Waals surface area contributed by atoms with E-state index < -0.39 is 59.2 Å². The highest BCUT2D eigenvalue weighted by Gasteiger charge is 2.39. The minimum absolute atomic E-state index is 0.0435. The summed E-state index contributed by atoms with van der Waals surface area (Å²) in [7, 11) is 5.38. The summed E-state index contributed by atoms with van der Waals surface area (Å²) in [6.45, 7) is 14.4. The number of carbonyl (C=O) groups is 8. The number of ether oxygens (including phenoxy) is 1. The number of benzene rings is 1. The molecule has 70 heavy (non-hydrogen) atoms. The number of carbonyl (C=O) groups excluding carboxylic acids is 7. The second kappa shape index (κ2) is 28.4. The number of thiazole rings is 1. The molecule has 0 bridgehead atoms. The predicted molar refractivity (Wildman–Crippen MR) is 278 cm³/mol. The summed E-state index contributed by atoms with van der Waals surface area (Å²) in [5, 5.41) is 29.5. The summed E-state index contributed by atoms with van der Waals surface area (Å²) in [5.41, 5.74) is 0.0341. The number of aromatic nitrogens is 1. The lowest BCUT2D eigenvalue weighted by atomic mass is 9.81. The zero-order valence-electron chi connectivity index (χ0n) is 42.7. The topological polar surface area (TPSA) is 218 Å². The molecule has 2 amide bonds. The average Bonchev–Trinajstić information content (AvgIpc) is 3.79. The van der Waals surface area contributed by atoms with Crippen LogP contribution in [0.5, 0.6) is 5.75 Å². The van der Waals surface area contributed by atoms with E-state index in [-0.39, 0.29) is 116 Å². The van der Waals surface area contributed by atoms with Crippen molar-refractivity contribution < 1.29 is 53.3 Å². The molecule has 18 heteroatoms. The fourth-order valence-corrected chi connectivity index (χ4v) is 10.5. The quantitative estimate of drug-likeness (QED) is 0.0536. The molecule has 15 nitrogen and oxygen atoms in total. The largest absolute Gasteiger partial charge is 0.506 e. The Morgan fingerprint density at radius 2 is 1.54 bits per heavy atom. The first-order chi connectivity index (χ1) is 32.8. The number of ketones is 4. The van der Waals surface area contributed by atoms with Crippen LogP contribution >= 0.6 is 34.9 Å². The Hall–Kier alpha value is -4.65. The highest BCUT2D eigenvalue weighted by Crippen LogP contribution is 2.35. The van der Waals surface area contributed by atoms with Crippen molar-refractivity contribution >= 4 is 87.4 Å². The smallest absolute Gasteiger partial charge is 0.306 e. The maximum Gasteiger partial charge on any atom is 0.306 e. The Balaban J connectivity index is 1.86. The maximum absolute atomic E-state index is 14.4. The van der Waals surface area contributed by atoms with Crippen LogP contribution in [-0.4, -0.2) is 110 Å². The van der Waals surface area contributed by atoms with E-state index in [1.165, 1.54) is 48.7 Å². The van der Waals surface area contributed by atoms with Crippen molar-refractivity contribution in [2.75, 3.05) is 31.5 Å². The van der Waals surface area contributed by atoms with Gasteiger partial charge in [-0.25, -0.2) is 4.98 Å². The molecule has 0 fully saturated rings. The zero-order valence-corrected chi connectivity index (χ0v) is 45.1. The van der Waals surface area contributed by atoms with Crippen LogP contribution in [-0.2, 0) is 44.7 Å². The van der Waals surface area contributed by atoms with Crippen LogP contribution in [0.4, 0.5) is 5.69 Å². The van der Waals surface area contributed by atoms with Gasteiger partial charge < -0.3 is 25.2 Å². The van der Waals surface area contributed by atoms with Gasteiger partial charge in [0.2, 0.25) is 11.8 Å². The summed E-state index contributed by atoms with van der Waals surface area (Å²) in [5.74, 6) is -6.01. The summed E-state index contributed by atoms with van der Waals surface area (Å²) >= 11 is 3.99. The van der Waals surface area contributed by atoms with Gasteiger partial charge in [0, 0.05) is 74.4 Å². The first-order valence-corrected chi connectivity index (χ1v) is 26.9. The van der Waals surface area contributed by atoms with Gasteiger partial charge in [-0.3, -0.25) is 43.3 Å². The molecule has 3 rings (SSSR count). The second-order valence-corrected chi connectivity index (χ2v) is 22.6. The van der Waals surface area contributed by atoms with Gasteiger partial charge in [-0.15, -0.1) is 34.9 Å². The van der Waals surface area contributed by atoms with Crippen molar-refractivity contribution in [2.45, 2.75) is 137 Å². The van der Waals surface area contributed by atoms with E-state index in [1.807, 2.05) is 60.5 Å². The Morgan fingerprint density at radius 1 is 0.929 bits per heavy atom. The lowest BCUT2D eigenvalue weighted by Crippen LogP contribution is -2.50. The number of aliphatic carboxylic acids is 1. The van der Waals surface area contributed by atoms with Gasteiger partial charge in [0.15, 0.2) is 29.2 Å². The van der Waals surface area contributed by atoms with Crippen molar-refractivity contribution in [3.05, 3.63) is 62.8 Å². The molecule has 6 atom stereocenters. The van der Waals surface area contributed by atoms with E-state index in [0.717, 1.165) is 11.3 Å². The average molecular weight is 1030 g/mol. The Morgan fingerprint density at radius 3 is 2.09 bits per heavy atom. The van der Waals surface area contributed by atoms with Gasteiger partial charge in [-0.05, 0) is 112 Å². The molecular formula is C52H74N4O11S3. The number of allylic oxidation sites excluding steroid dienone is 2. The zero-order chi connectivity index (χ0) is 52.5. The van der Waals surface area contributed by atoms with E-state index in [9.17, 15) is 48.6 Å². The van der Waals surface area contributed by atoms with Crippen LogP contribution in [0.15, 0.2) is 46.5 Å². The number of phenols is 1. The van der Waals surface area contributed by atoms with E-state index >= 15 is 0 Å². The Labute approximate surface area is 426 Å². The molecule has 0 saturated heterocycles. The minimum atomic E-state index is -1.04. The number of esters is 1. The molecular weight excluding hydrogens is 953 g/mol. The fourth-order valence-electron chi connectivity index (χ4n) is 8.16. The van der Waals surface area contributed by atoms with Crippen molar-refractivity contribution in [3.63, 3.8) is 0 Å². The normalized spacial score (nSPS) is 17.9. The molecule has 1 aliphatic heterocycles. The predicted octanol–water partition coefficient (Wildman–Crippen LogP) is 9.55. The van der Waals surface area contributed by atoms with Gasteiger partial charge in [0.1, 0.15) is 16.5 Å². The second-order valence-electron chi connectivity index (χ2n) is 19.5. The van der Waals surface area contributed by atoms with Crippen LogP contribution in [0.25, 0.3) is 0 Å². The molecule has 2 aromatic rings. The molecule has 0 radical (unpaired) electrons. The number of carboxylic acids is 1. The number of rotatable bonds is 23. The number of carboxylic acid groups (broad SMARTS) is 1. The molecule has 2 heterocycles. The summed E-state index contributed by atoms with van der Waals surface area (Å²) in [4.78, 5) is 114. The van der Waals surface area contributed by atoms with Crippen molar-refractivity contribution in [3.8, 4) is 5.75 Å². The number of anilines is 1. The highest BCUT2D eigenvalue weighted by atomic mass is 32.2. The first-order valence-electron chi connectivity index (χ1n) is 24.0. The molecule has 3 N–H and O–H groups in total. The van der Waals surface area contributed by atoms with E-state index in [2.05, 4.69) is 10.3 Å². The Kier molecular flexibility index (Phi) is 24.2. The molecule has 0 spiro atoms. The van der Waals surface area contributed by atoms with Crippen LogP contribution < -0.4 is 5.32 Å². The third-order valence-corrected chi connectivity index (χ3v) is 16.1. The number of thioether (sulfide) groups is 2. The van der Waals surface area contributed by atoms with Crippen molar-refractivity contribution in [2.24, 2.45) is 35.5 Å². The number of aromatic hydroxyl groups is 1. The summed E-state index contributed by atoms with van der Waals surface area (Å²) < 4.78 is 5.83. The number of hydrogen-bond donors (Lipinski definition) is 3. The maximum atomic E-state index is 14.4. The van der Waals surface area contributed by atoms with Gasteiger partial charge in [0.25, 0.3) is 0 Å². The van der Waals surface area contributed by atoms with Crippen LogP contribution in [0.1, 0.15) is 140 Å². The third-order valence-electron chi connectivity index (χ3n) is 13.4. The molecule has 1 aromatic heterocycles. The number of nitrogens with zero attached hydrogens (tertiary/aromatic N) is 3. The molecule has 1 aliphatic rings. The number of nitrogens with one attached hydrogen (secondary N) is 1. The van der Waals surface area contributed by atoms with Crippen LogP contribution in [0, 0.1) is 35.5 Å². The van der Waals surface area contributed by atoms with Gasteiger partial charge in [-0.1, -0.05) is 47.1 Å². The summed E-state index contributed by atoms with van der Waals surface area (Å²) in [6.07, 6.45) is 3.77. The number of hydrogen-bond acceptors (Lipinski definition) is 15. The first kappa shape index (κ1) is 59.7. The SMILES string of the molecule is CC[C@H](C)[C@H](CC(=O)C(C)(C)N(C)C)C(=O)N(C)[C@H](C[C@@H](OC(C)=O)c1nc(C(=O)C[C@@H](Cc2ccc(O)c(NC(=O)C3CCC(=O)/C=C/SCS/C=C/C(=O)CC3)c2)CC(C)C(=O)O)cs1)C(C)C. The lowest BCUT2D eigenvalue weighted by molar-refractivity contribution is -0.150. The molecule has 0 saturated carbocycles. The number of likely N-dealkylation sites (N-methyl/N-ethyl adjacent to an activating group) is 1.